The lowest BCUT2D eigenvalue weighted by molar-refractivity contribution is -0.137. The molecule has 1 aliphatic rings. The van der Waals surface area contributed by atoms with Gasteiger partial charge in [-0.25, -0.2) is 0 Å². The Balaban J connectivity index is 1.96. The van der Waals surface area contributed by atoms with Crippen LogP contribution in [0.3, 0.4) is 0 Å². The number of amides is 2. The second kappa shape index (κ2) is 8.05. The minimum Gasteiger partial charge on any atom is -0.369 e. The zero-order valence-corrected chi connectivity index (χ0v) is 14.2. The van der Waals surface area contributed by atoms with Crippen LogP contribution in [0.25, 0.3) is 0 Å². The molecule has 1 saturated heterocycles. The summed E-state index contributed by atoms with van der Waals surface area (Å²) in [6.45, 7) is 1.08. The zero-order chi connectivity index (χ0) is 18.6. The molecule has 0 saturated carbocycles. The first kappa shape index (κ1) is 19.5. The smallest absolute Gasteiger partial charge is 0.369 e. The molecule has 5 nitrogen and oxygen atoms in total. The van der Waals surface area contributed by atoms with Crippen LogP contribution < -0.4 is 11.1 Å². The molecule has 9 heteroatoms. The number of primary amides is 1. The van der Waals surface area contributed by atoms with Crippen molar-refractivity contribution in [1.29, 1.82) is 0 Å². The Morgan fingerprint density at radius 1 is 1.36 bits per heavy atom. The van der Waals surface area contributed by atoms with Gasteiger partial charge in [-0.15, -0.1) is 0 Å². The summed E-state index contributed by atoms with van der Waals surface area (Å²) >= 11 is 5.92. The number of nitrogens with one attached hydrogen (secondary N) is 1. The summed E-state index contributed by atoms with van der Waals surface area (Å²) in [5.74, 6) is -1.07. The minimum atomic E-state index is -4.47. The van der Waals surface area contributed by atoms with Crippen LogP contribution in [0, 0.1) is 5.92 Å². The van der Waals surface area contributed by atoms with Gasteiger partial charge >= 0.3 is 6.18 Å². The summed E-state index contributed by atoms with van der Waals surface area (Å²) < 4.78 is 38.3. The Morgan fingerprint density at radius 2 is 2.08 bits per heavy atom. The SMILES string of the molecule is NC(=O)CN1CCC[C@H](C(=O)NCc2cc(C(F)(F)F)ccc2Cl)C1. The lowest BCUT2D eigenvalue weighted by Gasteiger charge is -2.31. The molecule has 2 amide bonds. The predicted molar refractivity (Wildman–Crippen MR) is 86.7 cm³/mol. The van der Waals surface area contributed by atoms with Gasteiger partial charge in [0.15, 0.2) is 0 Å². The maximum Gasteiger partial charge on any atom is 0.416 e. The number of rotatable bonds is 5. The monoisotopic (exact) mass is 377 g/mol. The second-order valence-electron chi connectivity index (χ2n) is 6.06. The number of carbonyl (C=O) groups is 2. The quantitative estimate of drug-likeness (QED) is 0.825. The van der Waals surface area contributed by atoms with Crippen molar-refractivity contribution >= 4 is 23.4 Å². The molecule has 0 bridgehead atoms. The molecule has 1 aromatic rings. The van der Waals surface area contributed by atoms with Crippen LogP contribution in [0.1, 0.15) is 24.0 Å². The van der Waals surface area contributed by atoms with Crippen LogP contribution in [0.5, 0.6) is 0 Å². The van der Waals surface area contributed by atoms with Gasteiger partial charge in [-0.1, -0.05) is 11.6 Å². The van der Waals surface area contributed by atoms with E-state index in [2.05, 4.69) is 5.32 Å². The summed E-state index contributed by atoms with van der Waals surface area (Å²) in [5.41, 5.74) is 4.55. The topological polar surface area (TPSA) is 75.4 Å². The number of carbonyl (C=O) groups excluding carboxylic acids is 2. The Hall–Kier alpha value is -1.80. The van der Waals surface area contributed by atoms with Crippen LogP contribution in [0.2, 0.25) is 5.02 Å². The van der Waals surface area contributed by atoms with E-state index in [1.807, 2.05) is 0 Å². The van der Waals surface area contributed by atoms with Gasteiger partial charge in [0.05, 0.1) is 18.0 Å². The minimum absolute atomic E-state index is 0.0865. The fourth-order valence-corrected chi connectivity index (χ4v) is 3.03. The first-order chi connectivity index (χ1) is 11.7. The van der Waals surface area contributed by atoms with E-state index >= 15 is 0 Å². The lowest BCUT2D eigenvalue weighted by Crippen LogP contribution is -2.45. The highest BCUT2D eigenvalue weighted by atomic mass is 35.5. The number of nitrogens with two attached hydrogens (primary N) is 1. The highest BCUT2D eigenvalue weighted by Crippen LogP contribution is 2.31. The Morgan fingerprint density at radius 3 is 2.72 bits per heavy atom. The van der Waals surface area contributed by atoms with Crippen LogP contribution in [0.4, 0.5) is 13.2 Å². The molecule has 0 spiro atoms. The van der Waals surface area contributed by atoms with Gasteiger partial charge in [0, 0.05) is 18.1 Å². The Bertz CT molecular complexity index is 652. The molecule has 0 radical (unpaired) electrons. The molecule has 0 aromatic heterocycles. The number of nitrogens with zero attached hydrogens (tertiary/aromatic N) is 1. The number of hydrogen-bond donors (Lipinski definition) is 2. The van der Waals surface area contributed by atoms with Crippen LogP contribution >= 0.6 is 11.6 Å². The molecule has 0 aliphatic carbocycles. The highest BCUT2D eigenvalue weighted by molar-refractivity contribution is 6.31. The summed E-state index contributed by atoms with van der Waals surface area (Å²) in [6, 6.07) is 3.00. The molecular weight excluding hydrogens is 359 g/mol. The lowest BCUT2D eigenvalue weighted by atomic mass is 9.97. The van der Waals surface area contributed by atoms with E-state index < -0.39 is 17.6 Å². The summed E-state index contributed by atoms with van der Waals surface area (Å²) in [6.07, 6.45) is -3.07. The molecule has 2 rings (SSSR count). The van der Waals surface area contributed by atoms with Crippen molar-refractivity contribution in [3.05, 3.63) is 34.3 Å². The molecule has 1 aliphatic heterocycles. The van der Waals surface area contributed by atoms with E-state index in [1.54, 1.807) is 4.90 Å². The molecule has 138 valence electrons. The fourth-order valence-electron chi connectivity index (χ4n) is 2.85. The van der Waals surface area contributed by atoms with Crippen molar-refractivity contribution in [2.45, 2.75) is 25.6 Å². The third-order valence-electron chi connectivity index (χ3n) is 4.08. The standard InChI is InChI=1S/C16H19ClF3N3O2/c17-13-4-3-12(16(18,19)20)6-11(13)7-22-15(25)10-2-1-5-23(8-10)9-14(21)24/h3-4,6,10H,1-2,5,7-9H2,(H2,21,24)(H,22,25)/t10-/m0/s1. The molecule has 0 unspecified atom stereocenters. The third-order valence-corrected chi connectivity index (χ3v) is 4.45. The normalized spacial score (nSPS) is 18.8. The average molecular weight is 378 g/mol. The van der Waals surface area contributed by atoms with Gasteiger partial charge < -0.3 is 11.1 Å². The summed E-state index contributed by atoms with van der Waals surface area (Å²) in [4.78, 5) is 25.1. The summed E-state index contributed by atoms with van der Waals surface area (Å²) in [5, 5.41) is 2.79. The van der Waals surface area contributed by atoms with E-state index in [9.17, 15) is 22.8 Å². The maximum absolute atomic E-state index is 12.8. The number of hydrogen-bond acceptors (Lipinski definition) is 3. The molecule has 1 aromatic carbocycles. The zero-order valence-electron chi connectivity index (χ0n) is 13.4. The second-order valence-corrected chi connectivity index (χ2v) is 6.47. The highest BCUT2D eigenvalue weighted by Gasteiger charge is 2.31. The first-order valence-electron chi connectivity index (χ1n) is 7.81. The van der Waals surface area contributed by atoms with E-state index in [0.29, 0.717) is 19.5 Å². The average Bonchev–Trinajstić information content (AvgIpc) is 2.52. The molecule has 1 fully saturated rings. The number of piperidine rings is 1. The van der Waals surface area contributed by atoms with Gasteiger partial charge in [0.2, 0.25) is 11.8 Å². The molecule has 3 N–H and O–H groups in total. The summed E-state index contributed by atoms with van der Waals surface area (Å²) in [7, 11) is 0. The van der Waals surface area contributed by atoms with Crippen molar-refractivity contribution in [2.75, 3.05) is 19.6 Å². The maximum atomic E-state index is 12.8. The number of halogens is 4. The molecular formula is C16H19ClF3N3O2. The number of benzene rings is 1. The van der Waals surface area contributed by atoms with Crippen LogP contribution in [-0.4, -0.2) is 36.3 Å². The molecule has 1 heterocycles. The Labute approximate surface area is 148 Å². The number of likely N-dealkylation sites (tertiary alicyclic amines) is 1. The largest absolute Gasteiger partial charge is 0.416 e. The van der Waals surface area contributed by atoms with Crippen molar-refractivity contribution in [1.82, 2.24) is 10.2 Å². The first-order valence-corrected chi connectivity index (χ1v) is 8.18. The van der Waals surface area contributed by atoms with Crippen molar-refractivity contribution in [3.8, 4) is 0 Å². The van der Waals surface area contributed by atoms with E-state index in [1.165, 1.54) is 6.07 Å². The van der Waals surface area contributed by atoms with Crippen molar-refractivity contribution in [3.63, 3.8) is 0 Å². The fraction of sp³-hybridized carbons (Fsp3) is 0.500. The molecule has 1 atom stereocenters. The Kier molecular flexibility index (Phi) is 6.29. The van der Waals surface area contributed by atoms with Gasteiger partial charge in [-0.3, -0.25) is 14.5 Å². The predicted octanol–water partition coefficient (Wildman–Crippen LogP) is 2.17. The van der Waals surface area contributed by atoms with Gasteiger partial charge in [-0.05, 0) is 43.1 Å². The van der Waals surface area contributed by atoms with E-state index in [-0.39, 0.29) is 35.5 Å². The van der Waals surface area contributed by atoms with Crippen LogP contribution in [0.15, 0.2) is 18.2 Å². The van der Waals surface area contributed by atoms with Gasteiger partial charge in [0.1, 0.15) is 0 Å². The molecule has 25 heavy (non-hydrogen) atoms. The van der Waals surface area contributed by atoms with Crippen molar-refractivity contribution < 1.29 is 22.8 Å². The van der Waals surface area contributed by atoms with E-state index in [4.69, 9.17) is 17.3 Å². The van der Waals surface area contributed by atoms with Gasteiger partial charge in [0.25, 0.3) is 0 Å². The van der Waals surface area contributed by atoms with Crippen molar-refractivity contribution in [2.24, 2.45) is 11.7 Å². The third kappa shape index (κ3) is 5.61. The van der Waals surface area contributed by atoms with Gasteiger partial charge in [-0.2, -0.15) is 13.2 Å². The number of alkyl halides is 3. The van der Waals surface area contributed by atoms with E-state index in [0.717, 1.165) is 18.6 Å². The van der Waals surface area contributed by atoms with Crippen LogP contribution in [-0.2, 0) is 22.3 Å².